The van der Waals surface area contributed by atoms with Crippen molar-refractivity contribution in [1.82, 2.24) is 15.2 Å². The van der Waals surface area contributed by atoms with Gasteiger partial charge >= 0.3 is 5.97 Å². The van der Waals surface area contributed by atoms with Crippen molar-refractivity contribution in [3.05, 3.63) is 64.8 Å². The lowest BCUT2D eigenvalue weighted by Gasteiger charge is -2.06. The van der Waals surface area contributed by atoms with E-state index in [0.717, 1.165) is 15.2 Å². The Bertz CT molecular complexity index is 1090. The maximum atomic E-state index is 10.7. The van der Waals surface area contributed by atoms with Crippen LogP contribution in [0.5, 0.6) is 0 Å². The summed E-state index contributed by atoms with van der Waals surface area (Å²) in [6.45, 7) is 2.10. The minimum atomic E-state index is -0.996. The first-order valence-electron chi connectivity index (χ1n) is 8.07. The molecule has 0 unspecified atom stereocenters. The van der Waals surface area contributed by atoms with Crippen molar-refractivity contribution in [2.45, 2.75) is 19.8 Å². The van der Waals surface area contributed by atoms with Crippen LogP contribution in [0, 0.1) is 6.92 Å². The van der Waals surface area contributed by atoms with E-state index in [4.69, 9.17) is 9.52 Å². The number of hydrogen-bond donors (Lipinski definition) is 1. The van der Waals surface area contributed by atoms with Gasteiger partial charge < -0.3 is 9.52 Å². The number of carbonyl (C=O) groups is 1. The minimum Gasteiger partial charge on any atom is -0.481 e. The molecule has 0 spiro atoms. The molecule has 2 aromatic heterocycles. The molecular formula is C19H15N3O3S. The number of aliphatic carboxylic acids is 1. The molecule has 26 heavy (non-hydrogen) atoms. The molecule has 0 atom stereocenters. The second-order valence-electron chi connectivity index (χ2n) is 5.90. The van der Waals surface area contributed by atoms with Crippen molar-refractivity contribution in [3.8, 4) is 11.1 Å². The summed E-state index contributed by atoms with van der Waals surface area (Å²) in [5, 5.41) is 17.3. The summed E-state index contributed by atoms with van der Waals surface area (Å²) in [6.07, 6.45) is 0.123. The zero-order valence-electron chi connectivity index (χ0n) is 14.0. The van der Waals surface area contributed by atoms with Gasteiger partial charge in [-0.1, -0.05) is 36.4 Å². The quantitative estimate of drug-likeness (QED) is 0.577. The molecule has 0 aliphatic heterocycles. The summed E-state index contributed by atoms with van der Waals surface area (Å²) in [6, 6.07) is 14.4. The maximum absolute atomic E-state index is 10.7. The molecule has 0 fully saturated rings. The van der Waals surface area contributed by atoms with Gasteiger partial charge in [0.1, 0.15) is 11.4 Å². The van der Waals surface area contributed by atoms with Gasteiger partial charge in [0, 0.05) is 0 Å². The maximum Gasteiger partial charge on any atom is 0.312 e. The number of benzene rings is 2. The van der Waals surface area contributed by atoms with Crippen molar-refractivity contribution in [2.24, 2.45) is 0 Å². The SMILES string of the molecule is Cc1c(-c2ccccc2)ccc2nc(Cc3nnc(CC(=O)O)o3)sc12. The number of fused-ring (bicyclic) bond motifs is 1. The highest BCUT2D eigenvalue weighted by molar-refractivity contribution is 7.18. The molecule has 0 saturated carbocycles. The van der Waals surface area contributed by atoms with E-state index in [1.165, 1.54) is 16.7 Å². The summed E-state index contributed by atoms with van der Waals surface area (Å²) >= 11 is 1.60. The lowest BCUT2D eigenvalue weighted by atomic mass is 10.0. The van der Waals surface area contributed by atoms with Crippen molar-refractivity contribution in [2.75, 3.05) is 0 Å². The molecule has 7 heteroatoms. The Hall–Kier alpha value is -3.06. The topological polar surface area (TPSA) is 89.1 Å². The number of hydrogen-bond acceptors (Lipinski definition) is 6. The molecule has 4 rings (SSSR count). The Morgan fingerprint density at radius 2 is 1.88 bits per heavy atom. The number of rotatable bonds is 5. The fourth-order valence-corrected chi connectivity index (χ4v) is 3.92. The highest BCUT2D eigenvalue weighted by atomic mass is 32.1. The van der Waals surface area contributed by atoms with Crippen LogP contribution in [0.1, 0.15) is 22.4 Å². The molecule has 1 N–H and O–H groups in total. The van der Waals surface area contributed by atoms with Crippen LogP contribution >= 0.6 is 11.3 Å². The van der Waals surface area contributed by atoms with Crippen LogP contribution < -0.4 is 0 Å². The second-order valence-corrected chi connectivity index (χ2v) is 6.98. The molecule has 4 aromatic rings. The standard InChI is InChI=1S/C19H15N3O3S/c1-11-13(12-5-3-2-4-6-12)7-8-14-19(11)26-17(20-14)9-15-21-22-16(25-15)10-18(23)24/h2-8H,9-10H2,1H3,(H,23,24). The van der Waals surface area contributed by atoms with E-state index in [0.29, 0.717) is 12.3 Å². The summed E-state index contributed by atoms with van der Waals surface area (Å²) in [4.78, 5) is 15.4. The fraction of sp³-hybridized carbons (Fsp3) is 0.158. The summed E-state index contributed by atoms with van der Waals surface area (Å²) in [7, 11) is 0. The van der Waals surface area contributed by atoms with Crippen molar-refractivity contribution in [1.29, 1.82) is 0 Å². The Morgan fingerprint density at radius 1 is 1.12 bits per heavy atom. The number of carboxylic acids is 1. The van der Waals surface area contributed by atoms with Crippen LogP contribution in [-0.2, 0) is 17.6 Å². The monoisotopic (exact) mass is 365 g/mol. The number of aryl methyl sites for hydroxylation is 1. The van der Waals surface area contributed by atoms with Crippen LogP contribution in [-0.4, -0.2) is 26.3 Å². The fourth-order valence-electron chi connectivity index (χ4n) is 2.87. The molecule has 130 valence electrons. The van der Waals surface area contributed by atoms with Crippen LogP contribution in [0.4, 0.5) is 0 Å². The molecule has 0 aliphatic carbocycles. The first-order chi connectivity index (χ1) is 12.6. The molecule has 0 aliphatic rings. The first kappa shape index (κ1) is 16.4. The van der Waals surface area contributed by atoms with E-state index >= 15 is 0 Å². The molecular weight excluding hydrogens is 350 g/mol. The zero-order chi connectivity index (χ0) is 18.1. The van der Waals surface area contributed by atoms with Crippen LogP contribution in [0.2, 0.25) is 0 Å². The van der Waals surface area contributed by atoms with Gasteiger partial charge in [0.15, 0.2) is 0 Å². The average Bonchev–Trinajstić information content (AvgIpc) is 3.23. The molecule has 0 radical (unpaired) electrons. The smallest absolute Gasteiger partial charge is 0.312 e. The molecule has 2 heterocycles. The van der Waals surface area contributed by atoms with E-state index in [9.17, 15) is 4.79 Å². The van der Waals surface area contributed by atoms with Gasteiger partial charge in [-0.3, -0.25) is 4.79 Å². The number of carboxylic acid groups (broad SMARTS) is 1. The third-order valence-corrected chi connectivity index (χ3v) is 5.24. The number of thiazole rings is 1. The average molecular weight is 365 g/mol. The Labute approximate surface area is 153 Å². The van der Waals surface area contributed by atoms with Crippen LogP contribution in [0.15, 0.2) is 46.9 Å². The zero-order valence-corrected chi connectivity index (χ0v) is 14.8. The molecule has 2 aromatic carbocycles. The summed E-state index contributed by atoms with van der Waals surface area (Å²) in [5.41, 5.74) is 4.49. The molecule has 0 saturated heterocycles. The van der Waals surface area contributed by atoms with Gasteiger partial charge in [-0.2, -0.15) is 0 Å². The van der Waals surface area contributed by atoms with Gasteiger partial charge in [-0.25, -0.2) is 4.98 Å². The van der Waals surface area contributed by atoms with Crippen molar-refractivity contribution >= 4 is 27.5 Å². The third-order valence-electron chi connectivity index (χ3n) is 4.05. The van der Waals surface area contributed by atoms with Gasteiger partial charge in [-0.05, 0) is 29.7 Å². The van der Waals surface area contributed by atoms with Crippen LogP contribution in [0.25, 0.3) is 21.3 Å². The molecule has 0 bridgehead atoms. The van der Waals surface area contributed by atoms with E-state index in [-0.39, 0.29) is 12.3 Å². The predicted octanol–water partition coefficient (Wildman–Crippen LogP) is 3.87. The van der Waals surface area contributed by atoms with Gasteiger partial charge in [0.05, 0.1) is 16.6 Å². The summed E-state index contributed by atoms with van der Waals surface area (Å²) in [5.74, 6) is -0.512. The minimum absolute atomic E-state index is 0.108. The highest BCUT2D eigenvalue weighted by Crippen LogP contribution is 2.33. The van der Waals surface area contributed by atoms with E-state index in [1.54, 1.807) is 11.3 Å². The number of nitrogens with zero attached hydrogens (tertiary/aromatic N) is 3. The first-order valence-corrected chi connectivity index (χ1v) is 8.89. The van der Waals surface area contributed by atoms with Gasteiger partial charge in [0.2, 0.25) is 11.8 Å². The highest BCUT2D eigenvalue weighted by Gasteiger charge is 2.14. The van der Waals surface area contributed by atoms with Gasteiger partial charge in [-0.15, -0.1) is 21.5 Å². The largest absolute Gasteiger partial charge is 0.481 e. The van der Waals surface area contributed by atoms with E-state index in [1.807, 2.05) is 24.3 Å². The normalized spacial score (nSPS) is 11.1. The second kappa shape index (κ2) is 6.68. The van der Waals surface area contributed by atoms with Gasteiger partial charge in [0.25, 0.3) is 0 Å². The Morgan fingerprint density at radius 3 is 2.65 bits per heavy atom. The van der Waals surface area contributed by atoms with Crippen molar-refractivity contribution < 1.29 is 14.3 Å². The Balaban J connectivity index is 1.64. The third kappa shape index (κ3) is 3.21. The Kier molecular flexibility index (Phi) is 4.22. The predicted molar refractivity (Wildman–Crippen MR) is 98.2 cm³/mol. The van der Waals surface area contributed by atoms with E-state index in [2.05, 4.69) is 40.3 Å². The van der Waals surface area contributed by atoms with E-state index < -0.39 is 5.97 Å². The number of aromatic nitrogens is 3. The summed E-state index contributed by atoms with van der Waals surface area (Å²) < 4.78 is 6.51. The lowest BCUT2D eigenvalue weighted by molar-refractivity contribution is -0.136. The van der Waals surface area contributed by atoms with Crippen LogP contribution in [0.3, 0.4) is 0 Å². The molecule has 6 nitrogen and oxygen atoms in total. The van der Waals surface area contributed by atoms with Crippen molar-refractivity contribution in [3.63, 3.8) is 0 Å². The molecule has 0 amide bonds. The lowest BCUT2D eigenvalue weighted by Crippen LogP contribution is -1.99.